The molecule has 0 aromatic carbocycles. The molecule has 1 atom stereocenters. The number of carbonyl (C=O) groups excluding carboxylic acids is 3. The van der Waals surface area contributed by atoms with Gasteiger partial charge in [-0.1, -0.05) is 6.92 Å². The molecule has 1 aromatic rings. The normalized spacial score (nSPS) is 12.0. The number of ketones is 1. The maximum atomic E-state index is 12.8. The van der Waals surface area contributed by atoms with E-state index in [0.29, 0.717) is 28.9 Å². The molecule has 0 bridgehead atoms. The van der Waals surface area contributed by atoms with Crippen molar-refractivity contribution < 1.29 is 19.1 Å². The molecule has 0 fully saturated rings. The summed E-state index contributed by atoms with van der Waals surface area (Å²) in [4.78, 5) is 38.2. The number of hydrogen-bond donors (Lipinski definition) is 0. The maximum Gasteiger partial charge on any atom is 0.355 e. The Hall–Kier alpha value is -2.11. The first kappa shape index (κ1) is 18.9. The fraction of sp³-hybridized carbons (Fsp3) is 0.588. The zero-order valence-corrected chi connectivity index (χ0v) is 15.0. The molecule has 1 amide bonds. The summed E-state index contributed by atoms with van der Waals surface area (Å²) in [5, 5.41) is 0. The summed E-state index contributed by atoms with van der Waals surface area (Å²) in [7, 11) is 3.35. The van der Waals surface area contributed by atoms with Gasteiger partial charge in [-0.15, -0.1) is 0 Å². The Bertz CT molecular complexity index is 631. The minimum absolute atomic E-state index is 0.0947. The van der Waals surface area contributed by atoms with Crippen molar-refractivity contribution in [3.63, 3.8) is 0 Å². The minimum atomic E-state index is -0.586. The van der Waals surface area contributed by atoms with Gasteiger partial charge in [-0.2, -0.15) is 0 Å². The second-order valence-electron chi connectivity index (χ2n) is 5.61. The van der Waals surface area contributed by atoms with Crippen LogP contribution >= 0.6 is 0 Å². The third-order valence-electron chi connectivity index (χ3n) is 4.30. The highest BCUT2D eigenvalue weighted by Gasteiger charge is 2.30. The third-order valence-corrected chi connectivity index (χ3v) is 4.30. The van der Waals surface area contributed by atoms with E-state index in [4.69, 9.17) is 4.74 Å². The van der Waals surface area contributed by atoms with E-state index in [1.807, 2.05) is 0 Å². The highest BCUT2D eigenvalue weighted by atomic mass is 16.5. The number of nitrogens with zero attached hydrogens (tertiary/aromatic N) is 2. The SMILES string of the molecule is CCOC(=O)c1c(C)c(C(=O)C(C)N(C)C(=O)CC)c(C)n1C. The highest BCUT2D eigenvalue weighted by molar-refractivity contribution is 6.06. The number of aromatic nitrogens is 1. The predicted molar refractivity (Wildman–Crippen MR) is 87.7 cm³/mol. The zero-order chi connectivity index (χ0) is 17.9. The van der Waals surface area contributed by atoms with Crippen molar-refractivity contribution in [2.75, 3.05) is 13.7 Å². The summed E-state index contributed by atoms with van der Waals surface area (Å²) in [6, 6.07) is -0.586. The second kappa shape index (κ2) is 7.44. The molecule has 1 rings (SSSR count). The molecular formula is C17H26N2O4. The molecule has 0 spiro atoms. The lowest BCUT2D eigenvalue weighted by Crippen LogP contribution is -2.40. The summed E-state index contributed by atoms with van der Waals surface area (Å²) in [5.74, 6) is -0.710. The lowest BCUT2D eigenvalue weighted by atomic mass is 10.00. The monoisotopic (exact) mass is 322 g/mol. The van der Waals surface area contributed by atoms with Crippen LogP contribution in [0.1, 0.15) is 59.3 Å². The molecule has 6 heteroatoms. The van der Waals surface area contributed by atoms with Crippen LogP contribution in [0, 0.1) is 13.8 Å². The van der Waals surface area contributed by atoms with Gasteiger partial charge in [0.15, 0.2) is 5.78 Å². The first-order valence-electron chi connectivity index (χ1n) is 7.81. The molecule has 0 aliphatic carbocycles. The molecule has 0 saturated carbocycles. The Labute approximate surface area is 137 Å². The number of hydrogen-bond acceptors (Lipinski definition) is 4. The number of carbonyl (C=O) groups is 3. The topological polar surface area (TPSA) is 68.6 Å². The van der Waals surface area contributed by atoms with Gasteiger partial charge in [-0.05, 0) is 33.3 Å². The highest BCUT2D eigenvalue weighted by Crippen LogP contribution is 2.24. The van der Waals surface area contributed by atoms with E-state index in [1.165, 1.54) is 4.90 Å². The van der Waals surface area contributed by atoms with Gasteiger partial charge in [0.25, 0.3) is 0 Å². The van der Waals surface area contributed by atoms with Crippen molar-refractivity contribution in [3.05, 3.63) is 22.5 Å². The zero-order valence-electron chi connectivity index (χ0n) is 15.0. The van der Waals surface area contributed by atoms with Crippen molar-refractivity contribution in [3.8, 4) is 0 Å². The Kier molecular flexibility index (Phi) is 6.12. The Balaban J connectivity index is 3.28. The van der Waals surface area contributed by atoms with Crippen LogP contribution in [-0.2, 0) is 16.6 Å². The Morgan fingerprint density at radius 2 is 1.78 bits per heavy atom. The van der Waals surface area contributed by atoms with Gasteiger partial charge in [0.1, 0.15) is 5.69 Å². The average Bonchev–Trinajstić information content (AvgIpc) is 2.74. The first-order chi connectivity index (χ1) is 10.7. The van der Waals surface area contributed by atoms with Crippen LogP contribution in [-0.4, -0.2) is 46.8 Å². The maximum absolute atomic E-state index is 12.8. The van der Waals surface area contributed by atoms with Crippen molar-refractivity contribution in [1.29, 1.82) is 0 Å². The fourth-order valence-corrected chi connectivity index (χ4v) is 2.68. The van der Waals surface area contributed by atoms with E-state index in [2.05, 4.69) is 0 Å². The number of ether oxygens (including phenoxy) is 1. The van der Waals surface area contributed by atoms with Crippen LogP contribution < -0.4 is 0 Å². The molecular weight excluding hydrogens is 296 g/mol. The number of likely N-dealkylation sites (N-methyl/N-ethyl adjacent to an activating group) is 1. The van der Waals surface area contributed by atoms with Gasteiger partial charge in [0, 0.05) is 31.8 Å². The molecule has 1 aromatic heterocycles. The summed E-state index contributed by atoms with van der Waals surface area (Å²) < 4.78 is 6.74. The van der Waals surface area contributed by atoms with Crippen LogP contribution in [0.5, 0.6) is 0 Å². The van der Waals surface area contributed by atoms with Gasteiger partial charge >= 0.3 is 5.97 Å². The number of rotatable bonds is 6. The van der Waals surface area contributed by atoms with E-state index in [1.54, 1.807) is 53.3 Å². The van der Waals surface area contributed by atoms with Crippen molar-refractivity contribution >= 4 is 17.7 Å². The molecule has 0 aliphatic heterocycles. The van der Waals surface area contributed by atoms with E-state index >= 15 is 0 Å². The minimum Gasteiger partial charge on any atom is -0.461 e. The molecule has 0 aliphatic rings. The van der Waals surface area contributed by atoms with Crippen molar-refractivity contribution in [2.45, 2.75) is 47.1 Å². The standard InChI is InChI=1S/C17H26N2O4/c1-8-13(20)18(6)12(5)16(21)14-10(3)15(17(22)23-9-2)19(7)11(14)4/h12H,8-9H2,1-7H3. The van der Waals surface area contributed by atoms with E-state index in [-0.39, 0.29) is 18.3 Å². The van der Waals surface area contributed by atoms with Crippen molar-refractivity contribution in [1.82, 2.24) is 9.47 Å². The van der Waals surface area contributed by atoms with Crippen LogP contribution in [0.25, 0.3) is 0 Å². The molecule has 1 unspecified atom stereocenters. The molecule has 1 heterocycles. The average molecular weight is 322 g/mol. The lowest BCUT2D eigenvalue weighted by Gasteiger charge is -2.23. The van der Waals surface area contributed by atoms with E-state index < -0.39 is 12.0 Å². The van der Waals surface area contributed by atoms with Crippen LogP contribution in [0.2, 0.25) is 0 Å². The molecule has 128 valence electrons. The molecule has 0 N–H and O–H groups in total. The third kappa shape index (κ3) is 3.46. The van der Waals surface area contributed by atoms with E-state index in [9.17, 15) is 14.4 Å². The van der Waals surface area contributed by atoms with Crippen molar-refractivity contribution in [2.24, 2.45) is 7.05 Å². The second-order valence-corrected chi connectivity index (χ2v) is 5.61. The van der Waals surface area contributed by atoms with Crippen LogP contribution in [0.3, 0.4) is 0 Å². The number of esters is 1. The molecule has 6 nitrogen and oxygen atoms in total. The number of Topliss-reactive ketones (excluding diaryl/α,β-unsaturated/α-hetero) is 1. The Morgan fingerprint density at radius 3 is 2.26 bits per heavy atom. The van der Waals surface area contributed by atoms with Gasteiger partial charge in [0.05, 0.1) is 12.6 Å². The smallest absolute Gasteiger partial charge is 0.355 e. The van der Waals surface area contributed by atoms with Crippen LogP contribution in [0.4, 0.5) is 0 Å². The summed E-state index contributed by atoms with van der Waals surface area (Å²) in [6.45, 7) is 9.00. The van der Waals surface area contributed by atoms with E-state index in [0.717, 1.165) is 0 Å². The molecule has 0 radical (unpaired) electrons. The van der Waals surface area contributed by atoms with Gasteiger partial charge in [0.2, 0.25) is 5.91 Å². The fourth-order valence-electron chi connectivity index (χ4n) is 2.68. The summed E-state index contributed by atoms with van der Waals surface area (Å²) in [6.07, 6.45) is 0.342. The first-order valence-corrected chi connectivity index (χ1v) is 7.81. The largest absolute Gasteiger partial charge is 0.461 e. The predicted octanol–water partition coefficient (Wildman–Crippen LogP) is 2.26. The molecule has 23 heavy (non-hydrogen) atoms. The summed E-state index contributed by atoms with van der Waals surface area (Å²) >= 11 is 0. The molecule has 0 saturated heterocycles. The lowest BCUT2D eigenvalue weighted by molar-refractivity contribution is -0.130. The summed E-state index contributed by atoms with van der Waals surface area (Å²) in [5.41, 5.74) is 2.15. The van der Waals surface area contributed by atoms with Gasteiger partial charge in [-0.3, -0.25) is 9.59 Å². The number of amides is 1. The van der Waals surface area contributed by atoms with Gasteiger partial charge < -0.3 is 14.2 Å². The van der Waals surface area contributed by atoms with Gasteiger partial charge in [-0.25, -0.2) is 4.79 Å². The Morgan fingerprint density at radius 1 is 1.22 bits per heavy atom. The van der Waals surface area contributed by atoms with Crippen LogP contribution in [0.15, 0.2) is 0 Å². The quantitative estimate of drug-likeness (QED) is 0.595.